The summed E-state index contributed by atoms with van der Waals surface area (Å²) >= 11 is 0. The molecule has 4 aliphatic rings. The first kappa shape index (κ1) is 21.9. The Morgan fingerprint density at radius 1 is 1.29 bits per heavy atom. The molecule has 0 radical (unpaired) electrons. The molecule has 0 aromatic carbocycles. The number of anilines is 1. The molecule has 0 saturated carbocycles. The topological polar surface area (TPSA) is 128 Å². The smallest absolute Gasteiger partial charge is 0.354 e. The summed E-state index contributed by atoms with van der Waals surface area (Å²) in [6, 6.07) is -0.766. The van der Waals surface area contributed by atoms with E-state index in [0.29, 0.717) is 32.2 Å². The van der Waals surface area contributed by atoms with Crippen LogP contribution in [0.1, 0.15) is 48.2 Å². The Hall–Kier alpha value is -2.57. The Kier molecular flexibility index (Phi) is 5.15. The van der Waals surface area contributed by atoms with Crippen LogP contribution in [0.25, 0.3) is 0 Å². The number of amides is 2. The maximum Gasteiger partial charge on any atom is 0.354 e. The Morgan fingerprint density at radius 2 is 2.12 bits per heavy atom. The predicted octanol–water partition coefficient (Wildman–Crippen LogP) is 2.16. The maximum atomic E-state index is 13.3. The summed E-state index contributed by atoms with van der Waals surface area (Å²) in [6.07, 6.45) is 5.11. The van der Waals surface area contributed by atoms with Gasteiger partial charge in [0.05, 0.1) is 24.5 Å². The molecule has 3 atom stereocenters. The molecule has 2 amide bonds. The number of aryl methyl sites for hydroxylation is 1. The van der Waals surface area contributed by atoms with Gasteiger partial charge in [0.1, 0.15) is 17.7 Å². The van der Waals surface area contributed by atoms with Gasteiger partial charge in [-0.15, -0.1) is 4.36 Å². The molecule has 0 spiro atoms. The highest BCUT2D eigenvalue weighted by molar-refractivity contribution is 7.91. The van der Waals surface area contributed by atoms with Gasteiger partial charge in [-0.1, -0.05) is 6.92 Å². The Morgan fingerprint density at radius 3 is 2.91 bits per heavy atom. The Labute approximate surface area is 197 Å². The van der Waals surface area contributed by atoms with E-state index in [1.165, 1.54) is 6.20 Å². The molecule has 10 nitrogen and oxygen atoms in total. The van der Waals surface area contributed by atoms with Crippen LogP contribution in [0.3, 0.4) is 0 Å². The van der Waals surface area contributed by atoms with Crippen molar-refractivity contribution in [2.75, 3.05) is 25.0 Å². The predicted molar refractivity (Wildman–Crippen MR) is 123 cm³/mol. The summed E-state index contributed by atoms with van der Waals surface area (Å²) in [4.78, 5) is 19.9. The number of carbonyl (C=O) groups excluding carboxylic acids is 1. The second-order valence-electron chi connectivity index (χ2n) is 9.67. The van der Waals surface area contributed by atoms with Crippen molar-refractivity contribution in [2.45, 2.75) is 68.6 Å². The van der Waals surface area contributed by atoms with Crippen LogP contribution in [0.15, 0.2) is 15.5 Å². The minimum absolute atomic E-state index is 0.0143. The van der Waals surface area contributed by atoms with Crippen molar-refractivity contribution in [1.82, 2.24) is 19.7 Å². The zero-order chi connectivity index (χ0) is 23.6. The lowest BCUT2D eigenvalue weighted by Crippen LogP contribution is -2.57. The van der Waals surface area contributed by atoms with Gasteiger partial charge in [0.15, 0.2) is 9.92 Å². The largest absolute Gasteiger partial charge is 0.475 e. The molecule has 3 N–H and O–H groups in total. The quantitative estimate of drug-likeness (QED) is 0.680. The molecule has 34 heavy (non-hydrogen) atoms. The van der Waals surface area contributed by atoms with Gasteiger partial charge in [0.2, 0.25) is 5.88 Å². The average molecular weight is 490 g/mol. The number of hydrogen-bond donors (Lipinski definition) is 2. The molecule has 1 saturated heterocycles. The lowest BCUT2D eigenvalue weighted by Gasteiger charge is -2.41. The number of carbonyl (C=O) groups is 1. The number of alkyl halides is 1. The molecule has 2 aromatic rings. The lowest BCUT2D eigenvalue weighted by atomic mass is 10.0. The molecule has 6 rings (SSSR count). The first-order valence-electron chi connectivity index (χ1n) is 11.8. The molecule has 2 aromatic heterocycles. The van der Waals surface area contributed by atoms with E-state index in [1.54, 1.807) is 4.68 Å². The number of halogens is 1. The highest BCUT2D eigenvalue weighted by atomic mass is 32.2. The monoisotopic (exact) mass is 489 g/mol. The van der Waals surface area contributed by atoms with E-state index < -0.39 is 22.1 Å². The number of pyridine rings is 1. The van der Waals surface area contributed by atoms with Crippen molar-refractivity contribution in [1.29, 1.82) is 0 Å². The van der Waals surface area contributed by atoms with Crippen LogP contribution in [-0.2, 0) is 35.7 Å². The van der Waals surface area contributed by atoms with Crippen molar-refractivity contribution >= 4 is 21.6 Å². The van der Waals surface area contributed by atoms with Crippen molar-refractivity contribution in [3.63, 3.8) is 0 Å². The minimum Gasteiger partial charge on any atom is -0.475 e. The fourth-order valence-electron chi connectivity index (χ4n) is 5.49. The van der Waals surface area contributed by atoms with E-state index in [-0.39, 0.29) is 16.8 Å². The molecule has 2 aliphatic heterocycles. The average Bonchev–Trinajstić information content (AvgIpc) is 3.49. The molecule has 4 heterocycles. The number of rotatable bonds is 3. The third kappa shape index (κ3) is 3.59. The minimum atomic E-state index is -3.59. The lowest BCUT2D eigenvalue weighted by molar-refractivity contribution is -0.0114. The van der Waals surface area contributed by atoms with Crippen LogP contribution >= 0.6 is 0 Å². The molecule has 2 aliphatic carbocycles. The van der Waals surface area contributed by atoms with Gasteiger partial charge in [0.25, 0.3) is 0 Å². The third-order valence-electron chi connectivity index (χ3n) is 7.35. The number of likely N-dealkylation sites (tertiary alicyclic amines) is 1. The summed E-state index contributed by atoms with van der Waals surface area (Å²) < 4.78 is 37.7. The molecule has 3 unspecified atom stereocenters. The summed E-state index contributed by atoms with van der Waals surface area (Å²) in [6.45, 7) is 3.68. The molecular formula is C22H28FN7O3S. The first-order chi connectivity index (χ1) is 16.3. The van der Waals surface area contributed by atoms with Crippen LogP contribution in [0.4, 0.5) is 14.9 Å². The van der Waals surface area contributed by atoms with Crippen molar-refractivity contribution in [3.05, 3.63) is 28.7 Å². The van der Waals surface area contributed by atoms with Crippen LogP contribution in [0, 0.1) is 0 Å². The first-order valence-corrected chi connectivity index (χ1v) is 13.3. The van der Waals surface area contributed by atoms with E-state index in [0.717, 1.165) is 60.3 Å². The molecule has 0 bridgehead atoms. The summed E-state index contributed by atoms with van der Waals surface area (Å²) in [5.74, 6) is 0.594. The van der Waals surface area contributed by atoms with Crippen LogP contribution in [-0.4, -0.2) is 61.8 Å². The number of nitrogens with one attached hydrogen (secondary N) is 1. The number of aromatic nitrogens is 3. The zero-order valence-corrected chi connectivity index (χ0v) is 19.8. The summed E-state index contributed by atoms with van der Waals surface area (Å²) in [7, 11) is -3.59. The zero-order valence-electron chi connectivity index (χ0n) is 19.0. The van der Waals surface area contributed by atoms with Crippen molar-refractivity contribution in [2.24, 2.45) is 9.50 Å². The van der Waals surface area contributed by atoms with E-state index in [2.05, 4.69) is 21.7 Å². The standard InChI is InChI=1S/C22H28FN7O3S/c1-12-5-6-16-19(12)26-17-4-2-3-15(17)20(16)27-22(31)28-34(24,32)18-7-25-30-10-14(11-33-21(18)30)29-8-13(23)9-29/h7,12-14H,2-6,8-11H2,1H3,(H3,24,26,27,28,31,32). The Balaban J connectivity index is 1.26. The number of urea groups is 1. The van der Waals surface area contributed by atoms with E-state index in [4.69, 9.17) is 14.9 Å². The maximum absolute atomic E-state index is 13.3. The van der Waals surface area contributed by atoms with Gasteiger partial charge in [-0.3, -0.25) is 9.88 Å². The number of nitrogens with two attached hydrogens (primary N) is 1. The van der Waals surface area contributed by atoms with E-state index >= 15 is 0 Å². The van der Waals surface area contributed by atoms with Gasteiger partial charge >= 0.3 is 6.03 Å². The van der Waals surface area contributed by atoms with Gasteiger partial charge < -0.3 is 10.1 Å². The Bertz CT molecular complexity index is 1300. The van der Waals surface area contributed by atoms with Gasteiger partial charge in [-0.2, -0.15) is 5.10 Å². The van der Waals surface area contributed by atoms with E-state index in [9.17, 15) is 13.4 Å². The second kappa shape index (κ2) is 7.99. The normalized spacial score (nSPS) is 25.5. The van der Waals surface area contributed by atoms with Crippen LogP contribution < -0.4 is 15.2 Å². The van der Waals surface area contributed by atoms with Gasteiger partial charge in [0, 0.05) is 24.5 Å². The molecule has 182 valence electrons. The third-order valence-corrected chi connectivity index (χ3v) is 8.70. The molecule has 12 heteroatoms. The summed E-state index contributed by atoms with van der Waals surface area (Å²) in [5, 5.41) is 13.2. The number of hydrogen-bond acceptors (Lipinski definition) is 6. The molecular weight excluding hydrogens is 461 g/mol. The molecule has 1 fully saturated rings. The summed E-state index contributed by atoms with van der Waals surface area (Å²) in [5.41, 5.74) is 4.95. The van der Waals surface area contributed by atoms with Gasteiger partial charge in [-0.25, -0.2) is 23.2 Å². The van der Waals surface area contributed by atoms with Crippen molar-refractivity contribution < 1.29 is 18.1 Å². The van der Waals surface area contributed by atoms with Crippen LogP contribution in [0.5, 0.6) is 5.88 Å². The van der Waals surface area contributed by atoms with Gasteiger partial charge in [-0.05, 0) is 49.1 Å². The highest BCUT2D eigenvalue weighted by Crippen LogP contribution is 2.41. The number of fused-ring (bicyclic) bond motifs is 3. The SMILES string of the molecule is CC1CCc2c1nc1c(c2NC(=O)N=S(N)(=O)c2cnn3c2OCC(N2CC(F)C2)C3)CCC1. The number of nitrogens with zero attached hydrogens (tertiary/aromatic N) is 5. The van der Waals surface area contributed by atoms with Crippen molar-refractivity contribution in [3.8, 4) is 5.88 Å². The highest BCUT2D eigenvalue weighted by Gasteiger charge is 2.37. The number of ether oxygens (including phenoxy) is 1. The fraction of sp³-hybridized carbons (Fsp3) is 0.591. The second-order valence-corrected chi connectivity index (χ2v) is 11.4. The fourth-order valence-corrected chi connectivity index (χ4v) is 6.49. The van der Waals surface area contributed by atoms with E-state index in [1.807, 2.05) is 4.90 Å². The van der Waals surface area contributed by atoms with Crippen LogP contribution in [0.2, 0.25) is 0 Å².